The summed E-state index contributed by atoms with van der Waals surface area (Å²) in [5.74, 6) is 0.948. The zero-order valence-electron chi connectivity index (χ0n) is 19.2. The molecule has 2 aromatic heterocycles. The number of amides is 2. The molecule has 0 unspecified atom stereocenters. The number of furan rings is 1. The predicted octanol–water partition coefficient (Wildman–Crippen LogP) is 3.67. The number of anilines is 1. The Balaban J connectivity index is 1.39. The van der Waals surface area contributed by atoms with Gasteiger partial charge in [0.1, 0.15) is 17.6 Å². The number of hydrogen-bond acceptors (Lipinski definition) is 5. The van der Waals surface area contributed by atoms with Gasteiger partial charge in [-0.15, -0.1) is 0 Å². The Morgan fingerprint density at radius 2 is 1.91 bits per heavy atom. The topological polar surface area (TPSA) is 94.5 Å². The summed E-state index contributed by atoms with van der Waals surface area (Å²) in [6, 6.07) is 12.8. The van der Waals surface area contributed by atoms with Crippen molar-refractivity contribution >= 4 is 29.2 Å². The Bertz CT molecular complexity index is 1230. The summed E-state index contributed by atoms with van der Waals surface area (Å²) < 4.78 is 7.36. The molecule has 9 heteroatoms. The van der Waals surface area contributed by atoms with E-state index in [0.717, 1.165) is 17.0 Å². The zero-order chi connectivity index (χ0) is 24.2. The van der Waals surface area contributed by atoms with Crippen LogP contribution in [0.5, 0.6) is 0 Å². The van der Waals surface area contributed by atoms with E-state index in [9.17, 15) is 14.9 Å². The molecule has 8 nitrogen and oxygen atoms in total. The molecule has 0 bridgehead atoms. The normalized spacial score (nSPS) is 14.1. The van der Waals surface area contributed by atoms with E-state index < -0.39 is 0 Å². The number of aromatic nitrogens is 1. The monoisotopic (exact) mass is 479 g/mol. The van der Waals surface area contributed by atoms with Crippen molar-refractivity contribution in [2.45, 2.75) is 20.4 Å². The molecule has 1 fully saturated rings. The van der Waals surface area contributed by atoms with Gasteiger partial charge in [0, 0.05) is 42.5 Å². The van der Waals surface area contributed by atoms with Crippen LogP contribution < -0.4 is 5.32 Å². The molecule has 2 amide bonds. The highest BCUT2D eigenvalue weighted by Gasteiger charge is 2.25. The van der Waals surface area contributed by atoms with Gasteiger partial charge in [-0.2, -0.15) is 5.26 Å². The number of carbonyl (C=O) groups excluding carboxylic acids is 2. The molecule has 1 aromatic carbocycles. The first-order valence-electron chi connectivity index (χ1n) is 11.1. The zero-order valence-corrected chi connectivity index (χ0v) is 19.9. The Morgan fingerprint density at radius 3 is 2.56 bits per heavy atom. The number of rotatable bonds is 6. The first-order chi connectivity index (χ1) is 16.4. The van der Waals surface area contributed by atoms with Crippen LogP contribution in [0.15, 0.2) is 47.1 Å². The summed E-state index contributed by atoms with van der Waals surface area (Å²) >= 11 is 6.01. The van der Waals surface area contributed by atoms with Gasteiger partial charge in [0.05, 0.1) is 24.9 Å². The second-order valence-corrected chi connectivity index (χ2v) is 8.77. The lowest BCUT2D eigenvalue weighted by atomic mass is 10.2. The lowest BCUT2D eigenvalue weighted by Crippen LogP contribution is -2.50. The lowest BCUT2D eigenvalue weighted by molar-refractivity contribution is -0.117. The van der Waals surface area contributed by atoms with Crippen molar-refractivity contribution < 1.29 is 14.0 Å². The van der Waals surface area contributed by atoms with Crippen LogP contribution in [0.3, 0.4) is 0 Å². The summed E-state index contributed by atoms with van der Waals surface area (Å²) in [6.45, 7) is 6.59. The molecule has 0 saturated carbocycles. The van der Waals surface area contributed by atoms with E-state index in [1.807, 2.05) is 29.4 Å². The first-order valence-corrected chi connectivity index (χ1v) is 11.4. The van der Waals surface area contributed by atoms with Crippen molar-refractivity contribution in [2.24, 2.45) is 0 Å². The van der Waals surface area contributed by atoms with E-state index in [2.05, 4.69) is 11.4 Å². The summed E-state index contributed by atoms with van der Waals surface area (Å²) in [7, 11) is 0. The molecule has 3 heterocycles. The molecule has 34 heavy (non-hydrogen) atoms. The van der Waals surface area contributed by atoms with Gasteiger partial charge in [-0.1, -0.05) is 17.7 Å². The van der Waals surface area contributed by atoms with Crippen molar-refractivity contribution in [3.63, 3.8) is 0 Å². The molecule has 0 radical (unpaired) electrons. The number of halogens is 1. The average molecular weight is 480 g/mol. The van der Waals surface area contributed by atoms with Gasteiger partial charge < -0.3 is 19.2 Å². The highest BCUT2D eigenvalue weighted by Crippen LogP contribution is 2.27. The molecule has 4 rings (SSSR count). The number of hydrogen-bond donors (Lipinski definition) is 1. The molecule has 176 valence electrons. The van der Waals surface area contributed by atoms with Crippen LogP contribution >= 0.6 is 11.6 Å². The van der Waals surface area contributed by atoms with Crippen LogP contribution in [0, 0.1) is 25.2 Å². The Hall–Kier alpha value is -3.54. The van der Waals surface area contributed by atoms with Gasteiger partial charge in [0.2, 0.25) is 5.91 Å². The van der Waals surface area contributed by atoms with E-state index >= 15 is 0 Å². The summed E-state index contributed by atoms with van der Waals surface area (Å²) in [4.78, 5) is 29.4. The van der Waals surface area contributed by atoms with Crippen molar-refractivity contribution in [2.75, 3.05) is 38.0 Å². The predicted molar refractivity (Wildman–Crippen MR) is 129 cm³/mol. The Kier molecular flexibility index (Phi) is 7.06. The minimum Gasteiger partial charge on any atom is -0.467 e. The van der Waals surface area contributed by atoms with Gasteiger partial charge in [0.15, 0.2) is 0 Å². The second kappa shape index (κ2) is 10.2. The lowest BCUT2D eigenvalue weighted by Gasteiger charge is -2.34. The van der Waals surface area contributed by atoms with E-state index in [4.69, 9.17) is 16.0 Å². The fourth-order valence-corrected chi connectivity index (χ4v) is 4.36. The fraction of sp³-hybridized carbons (Fsp3) is 0.320. The molecule has 3 aromatic rings. The van der Waals surface area contributed by atoms with E-state index in [1.54, 1.807) is 41.5 Å². The van der Waals surface area contributed by atoms with Crippen LogP contribution in [0.4, 0.5) is 5.82 Å². The van der Waals surface area contributed by atoms with Crippen molar-refractivity contribution in [3.8, 4) is 6.07 Å². The third-order valence-corrected chi connectivity index (χ3v) is 6.43. The van der Waals surface area contributed by atoms with E-state index in [1.165, 1.54) is 0 Å². The van der Waals surface area contributed by atoms with Crippen LogP contribution in [-0.2, 0) is 11.3 Å². The quantitative estimate of drug-likeness (QED) is 0.582. The maximum Gasteiger partial charge on any atom is 0.253 e. The minimum atomic E-state index is -0.204. The number of piperazine rings is 1. The molecule has 0 aliphatic carbocycles. The third kappa shape index (κ3) is 5.01. The van der Waals surface area contributed by atoms with Crippen LogP contribution in [0.2, 0.25) is 5.02 Å². The van der Waals surface area contributed by atoms with Crippen molar-refractivity contribution in [1.82, 2.24) is 14.4 Å². The number of nitriles is 1. The van der Waals surface area contributed by atoms with Crippen molar-refractivity contribution in [3.05, 3.63) is 75.8 Å². The van der Waals surface area contributed by atoms with Crippen molar-refractivity contribution in [1.29, 1.82) is 5.26 Å². The molecule has 1 N–H and O–H groups in total. The summed E-state index contributed by atoms with van der Waals surface area (Å²) in [5.41, 5.74) is 2.74. The smallest absolute Gasteiger partial charge is 0.253 e. The number of benzene rings is 1. The highest BCUT2D eigenvalue weighted by atomic mass is 35.5. The third-order valence-electron chi connectivity index (χ3n) is 6.19. The van der Waals surface area contributed by atoms with Gasteiger partial charge in [-0.3, -0.25) is 14.5 Å². The Morgan fingerprint density at radius 1 is 1.15 bits per heavy atom. The maximum absolute atomic E-state index is 12.9. The van der Waals surface area contributed by atoms with Gasteiger partial charge >= 0.3 is 0 Å². The number of nitrogens with one attached hydrogen (secondary N) is 1. The highest BCUT2D eigenvalue weighted by molar-refractivity contribution is 6.30. The SMILES string of the molecule is Cc1c(C#N)c(NC(=O)CN2CCN(C(=O)c3cccc(Cl)c3)CC2)n(Cc2ccco2)c1C. The molecule has 0 spiro atoms. The minimum absolute atomic E-state index is 0.0630. The summed E-state index contributed by atoms with van der Waals surface area (Å²) in [5, 5.41) is 13.2. The Labute approximate surface area is 203 Å². The molecule has 1 aliphatic heterocycles. The average Bonchev–Trinajstić information content (AvgIpc) is 3.42. The number of carbonyl (C=O) groups is 2. The largest absolute Gasteiger partial charge is 0.467 e. The maximum atomic E-state index is 12.9. The van der Waals surface area contributed by atoms with Gasteiger partial charge in [-0.25, -0.2) is 0 Å². The first kappa shape index (κ1) is 23.6. The second-order valence-electron chi connectivity index (χ2n) is 8.34. The van der Waals surface area contributed by atoms with Crippen LogP contribution in [0.25, 0.3) is 0 Å². The summed E-state index contributed by atoms with van der Waals surface area (Å²) in [6.07, 6.45) is 1.60. The van der Waals surface area contributed by atoms with Crippen LogP contribution in [0.1, 0.15) is 32.9 Å². The fourth-order valence-electron chi connectivity index (χ4n) is 4.17. The van der Waals surface area contributed by atoms with E-state index in [-0.39, 0.29) is 18.4 Å². The van der Waals surface area contributed by atoms with E-state index in [0.29, 0.717) is 54.7 Å². The molecule has 1 saturated heterocycles. The standard InChI is InChI=1S/C25H26ClN5O3/c1-17-18(2)31(15-21-7-4-12-34-21)24(22(17)14-27)28-23(32)16-29-8-10-30(11-9-29)25(33)19-5-3-6-20(26)13-19/h3-7,12-13H,8-11,15-16H2,1-2H3,(H,28,32). The van der Waals surface area contributed by atoms with Gasteiger partial charge in [0.25, 0.3) is 5.91 Å². The molecular weight excluding hydrogens is 454 g/mol. The molecule has 1 aliphatic rings. The molecule has 0 atom stereocenters. The van der Waals surface area contributed by atoms with Crippen LogP contribution in [-0.4, -0.2) is 58.9 Å². The molecular formula is C25H26ClN5O3. The number of nitrogens with zero attached hydrogens (tertiary/aromatic N) is 4. The van der Waals surface area contributed by atoms with Gasteiger partial charge in [-0.05, 0) is 49.7 Å².